The highest BCUT2D eigenvalue weighted by Gasteiger charge is 2.46. The number of halogens is 3. The maximum atomic E-state index is 12.2. The fraction of sp³-hybridized carbons (Fsp3) is 0.300. The summed E-state index contributed by atoms with van der Waals surface area (Å²) in [6, 6.07) is 3.37. The minimum Gasteiger partial charge on any atom is -0.462 e. The summed E-state index contributed by atoms with van der Waals surface area (Å²) in [4.78, 5) is 10.3. The molecule has 0 aliphatic carbocycles. The minimum atomic E-state index is -5.38. The smallest absolute Gasteiger partial charge is 0.462 e. The molecule has 0 aliphatic rings. The van der Waals surface area contributed by atoms with Gasteiger partial charge in [0.25, 0.3) is 9.84 Å². The van der Waals surface area contributed by atoms with Crippen molar-refractivity contribution in [3.63, 3.8) is 0 Å². The summed E-state index contributed by atoms with van der Waals surface area (Å²) in [5.74, 6) is -0.728. The number of ether oxygens (including phenoxy) is 1. The molecule has 0 N–H and O–H groups in total. The fourth-order valence-electron chi connectivity index (χ4n) is 1.12. The number of benzene rings is 1. The van der Waals surface area contributed by atoms with Gasteiger partial charge in [0, 0.05) is 0 Å². The highest BCUT2D eigenvalue weighted by molar-refractivity contribution is 7.92. The van der Waals surface area contributed by atoms with E-state index in [0.717, 1.165) is 24.3 Å². The van der Waals surface area contributed by atoms with Gasteiger partial charge in [0.1, 0.15) is 0 Å². The standard InChI is InChI=1S/C10H9F3O4S/c1-2-17-9(14)7-3-5-8(6-4-7)18(15,16)10(11,12)13/h3-6H,2H2,1H3. The molecule has 0 saturated heterocycles. The van der Waals surface area contributed by atoms with E-state index in [4.69, 9.17) is 0 Å². The summed E-state index contributed by atoms with van der Waals surface area (Å²) < 4.78 is 63.3. The summed E-state index contributed by atoms with van der Waals surface area (Å²) in [6.07, 6.45) is 0. The van der Waals surface area contributed by atoms with Crippen LogP contribution in [0.15, 0.2) is 29.2 Å². The molecule has 1 aromatic rings. The van der Waals surface area contributed by atoms with Crippen LogP contribution in [0, 0.1) is 0 Å². The largest absolute Gasteiger partial charge is 0.501 e. The van der Waals surface area contributed by atoms with Gasteiger partial charge < -0.3 is 4.74 Å². The molecular weight excluding hydrogens is 273 g/mol. The van der Waals surface area contributed by atoms with E-state index >= 15 is 0 Å². The van der Waals surface area contributed by atoms with Crippen LogP contribution in [0.3, 0.4) is 0 Å². The van der Waals surface area contributed by atoms with Crippen LogP contribution in [0.1, 0.15) is 17.3 Å². The van der Waals surface area contributed by atoms with Gasteiger partial charge in [0.2, 0.25) is 0 Å². The summed E-state index contributed by atoms with van der Waals surface area (Å²) in [5, 5.41) is 0. The first-order chi connectivity index (χ1) is 8.20. The number of hydrogen-bond donors (Lipinski definition) is 0. The molecule has 0 radical (unpaired) electrons. The second kappa shape index (κ2) is 4.97. The lowest BCUT2D eigenvalue weighted by atomic mass is 10.2. The molecule has 0 amide bonds. The Morgan fingerprint density at radius 1 is 1.22 bits per heavy atom. The maximum Gasteiger partial charge on any atom is 0.501 e. The number of alkyl halides is 3. The van der Waals surface area contributed by atoms with Crippen molar-refractivity contribution in [1.82, 2.24) is 0 Å². The molecule has 0 bridgehead atoms. The molecule has 0 aromatic heterocycles. The lowest BCUT2D eigenvalue weighted by Gasteiger charge is -2.08. The summed E-state index contributed by atoms with van der Waals surface area (Å²) in [7, 11) is -5.38. The molecule has 0 unspecified atom stereocenters. The van der Waals surface area contributed by atoms with Crippen molar-refractivity contribution in [2.24, 2.45) is 0 Å². The molecule has 0 aliphatic heterocycles. The molecule has 0 heterocycles. The number of carbonyl (C=O) groups is 1. The Balaban J connectivity index is 3.08. The molecule has 0 fully saturated rings. The number of esters is 1. The van der Waals surface area contributed by atoms with Gasteiger partial charge in [-0.1, -0.05) is 0 Å². The lowest BCUT2D eigenvalue weighted by molar-refractivity contribution is -0.0436. The lowest BCUT2D eigenvalue weighted by Crippen LogP contribution is -2.23. The molecule has 1 rings (SSSR count). The number of hydrogen-bond acceptors (Lipinski definition) is 4. The maximum absolute atomic E-state index is 12.2. The van der Waals surface area contributed by atoms with Crippen molar-refractivity contribution >= 4 is 15.8 Å². The van der Waals surface area contributed by atoms with Crippen LogP contribution >= 0.6 is 0 Å². The van der Waals surface area contributed by atoms with E-state index < -0.39 is 26.2 Å². The zero-order valence-corrected chi connectivity index (χ0v) is 10.0. The van der Waals surface area contributed by atoms with Crippen molar-refractivity contribution in [3.8, 4) is 0 Å². The quantitative estimate of drug-likeness (QED) is 0.797. The molecule has 8 heteroatoms. The summed E-state index contributed by atoms with van der Waals surface area (Å²) >= 11 is 0. The summed E-state index contributed by atoms with van der Waals surface area (Å²) in [5.41, 5.74) is -5.38. The second-order valence-corrected chi connectivity index (χ2v) is 5.14. The van der Waals surface area contributed by atoms with Gasteiger partial charge in [-0.2, -0.15) is 13.2 Å². The SMILES string of the molecule is CCOC(=O)c1ccc(S(=O)(=O)C(F)(F)F)cc1. The Morgan fingerprint density at radius 2 is 1.72 bits per heavy atom. The van der Waals surface area contributed by atoms with Crippen LogP contribution in [-0.4, -0.2) is 26.5 Å². The minimum absolute atomic E-state index is 0.0158. The van der Waals surface area contributed by atoms with Crippen LogP contribution in [0.4, 0.5) is 13.2 Å². The average molecular weight is 282 g/mol. The van der Waals surface area contributed by atoms with Crippen LogP contribution < -0.4 is 0 Å². The Labute approximate surface area is 101 Å². The zero-order chi connectivity index (χ0) is 14.0. The first-order valence-corrected chi connectivity index (χ1v) is 6.27. The predicted molar refractivity (Wildman–Crippen MR) is 55.6 cm³/mol. The molecule has 1 aromatic carbocycles. The van der Waals surface area contributed by atoms with Gasteiger partial charge in [-0.15, -0.1) is 0 Å². The zero-order valence-electron chi connectivity index (χ0n) is 9.19. The van der Waals surface area contributed by atoms with Crippen molar-refractivity contribution in [3.05, 3.63) is 29.8 Å². The van der Waals surface area contributed by atoms with Crippen molar-refractivity contribution < 1.29 is 31.1 Å². The van der Waals surface area contributed by atoms with Gasteiger partial charge in [0.15, 0.2) is 0 Å². The Bertz CT molecular complexity index is 531. The average Bonchev–Trinajstić information content (AvgIpc) is 2.28. The third-order valence-corrected chi connectivity index (χ3v) is 3.48. The third-order valence-electron chi connectivity index (χ3n) is 1.98. The highest BCUT2D eigenvalue weighted by Crippen LogP contribution is 2.30. The van der Waals surface area contributed by atoms with Gasteiger partial charge in [-0.05, 0) is 31.2 Å². The topological polar surface area (TPSA) is 60.4 Å². The molecule has 0 atom stereocenters. The Morgan fingerprint density at radius 3 is 2.11 bits per heavy atom. The molecule has 18 heavy (non-hydrogen) atoms. The van der Waals surface area contributed by atoms with Crippen molar-refractivity contribution in [2.75, 3.05) is 6.61 Å². The Kier molecular flexibility index (Phi) is 4.00. The third kappa shape index (κ3) is 2.81. The van der Waals surface area contributed by atoms with Gasteiger partial charge in [-0.3, -0.25) is 0 Å². The van der Waals surface area contributed by atoms with Gasteiger partial charge >= 0.3 is 11.5 Å². The van der Waals surface area contributed by atoms with E-state index in [-0.39, 0.29) is 12.2 Å². The molecule has 0 saturated carbocycles. The van der Waals surface area contributed by atoms with E-state index in [1.54, 1.807) is 6.92 Å². The first-order valence-electron chi connectivity index (χ1n) is 4.78. The van der Waals surface area contributed by atoms with E-state index in [0.29, 0.717) is 0 Å². The van der Waals surface area contributed by atoms with E-state index in [1.807, 2.05) is 0 Å². The molecule has 4 nitrogen and oxygen atoms in total. The summed E-state index contributed by atoms with van der Waals surface area (Å²) in [6.45, 7) is 1.68. The number of sulfone groups is 1. The number of carbonyl (C=O) groups excluding carboxylic acids is 1. The highest BCUT2D eigenvalue weighted by atomic mass is 32.2. The van der Waals surface area contributed by atoms with Gasteiger partial charge in [0.05, 0.1) is 17.1 Å². The normalized spacial score (nSPS) is 12.2. The van der Waals surface area contributed by atoms with E-state index in [1.165, 1.54) is 0 Å². The van der Waals surface area contributed by atoms with Crippen molar-refractivity contribution in [1.29, 1.82) is 0 Å². The fourth-order valence-corrected chi connectivity index (χ4v) is 1.88. The number of rotatable bonds is 3. The van der Waals surface area contributed by atoms with E-state index in [9.17, 15) is 26.4 Å². The Hall–Kier alpha value is -1.57. The predicted octanol–water partition coefficient (Wildman–Crippen LogP) is 2.16. The van der Waals surface area contributed by atoms with Crippen LogP contribution in [0.5, 0.6) is 0 Å². The van der Waals surface area contributed by atoms with Crippen LogP contribution in [0.25, 0.3) is 0 Å². The molecular formula is C10H9F3O4S. The first kappa shape index (κ1) is 14.5. The molecule has 0 spiro atoms. The van der Waals surface area contributed by atoms with Gasteiger partial charge in [-0.25, -0.2) is 13.2 Å². The van der Waals surface area contributed by atoms with Crippen LogP contribution in [0.2, 0.25) is 0 Å². The van der Waals surface area contributed by atoms with Crippen LogP contribution in [-0.2, 0) is 14.6 Å². The molecule has 100 valence electrons. The monoisotopic (exact) mass is 282 g/mol. The van der Waals surface area contributed by atoms with Crippen molar-refractivity contribution in [2.45, 2.75) is 17.3 Å². The van der Waals surface area contributed by atoms with E-state index in [2.05, 4.69) is 4.74 Å². The second-order valence-electron chi connectivity index (χ2n) is 3.19.